The number of nitrogens with zero attached hydrogens (tertiary/aromatic N) is 3. The Hall–Kier alpha value is -2.75. The average Bonchev–Trinajstić information content (AvgIpc) is 2.52. The number of piperazine rings is 1. The third kappa shape index (κ3) is 3.37. The highest BCUT2D eigenvalue weighted by Crippen LogP contribution is 2.37. The van der Waals surface area contributed by atoms with Crippen LogP contribution in [0.5, 0.6) is 0 Å². The number of carbonyl (C=O) groups is 1. The van der Waals surface area contributed by atoms with Crippen LogP contribution in [0.25, 0.3) is 0 Å². The fourth-order valence-electron chi connectivity index (χ4n) is 2.58. The predicted molar refractivity (Wildman–Crippen MR) is 80.8 cm³/mol. The van der Waals surface area contributed by atoms with Crippen molar-refractivity contribution in [2.45, 2.75) is 13.0 Å². The van der Waals surface area contributed by atoms with Gasteiger partial charge < -0.3 is 15.0 Å². The minimum Gasteiger partial charge on any atom is -0.465 e. The molecule has 1 heterocycles. The third-order valence-corrected chi connectivity index (χ3v) is 3.57. The number of rotatable bonds is 4. The van der Waals surface area contributed by atoms with Gasteiger partial charge in [-0.05, 0) is 6.92 Å². The maximum Gasteiger partial charge on any atom is 0.340 e. The molecule has 1 aromatic rings. The fraction of sp³-hybridized carbons (Fsp3) is 0.462. The van der Waals surface area contributed by atoms with Crippen molar-refractivity contribution in [2.75, 3.05) is 31.6 Å². The van der Waals surface area contributed by atoms with Gasteiger partial charge in [0.05, 0.1) is 28.6 Å². The number of nitro benzene ring substituents is 2. The molecule has 1 aromatic carbocycles. The molecule has 0 aliphatic carbocycles. The summed E-state index contributed by atoms with van der Waals surface area (Å²) in [4.78, 5) is 34.5. The van der Waals surface area contributed by atoms with Crippen molar-refractivity contribution in [1.82, 2.24) is 5.32 Å². The lowest BCUT2D eigenvalue weighted by Gasteiger charge is -2.34. The fourth-order valence-corrected chi connectivity index (χ4v) is 2.58. The molecule has 1 aliphatic rings. The maximum absolute atomic E-state index is 12.0. The molecule has 1 atom stereocenters. The molecule has 1 aliphatic heterocycles. The van der Waals surface area contributed by atoms with Crippen LogP contribution in [0.4, 0.5) is 17.1 Å². The molecule has 10 nitrogen and oxygen atoms in total. The van der Waals surface area contributed by atoms with E-state index in [9.17, 15) is 25.0 Å². The van der Waals surface area contributed by atoms with Gasteiger partial charge in [-0.25, -0.2) is 4.79 Å². The van der Waals surface area contributed by atoms with Crippen molar-refractivity contribution in [3.05, 3.63) is 37.9 Å². The lowest BCUT2D eigenvalue weighted by Crippen LogP contribution is -2.49. The first kappa shape index (κ1) is 16.6. The summed E-state index contributed by atoms with van der Waals surface area (Å²) >= 11 is 0. The summed E-state index contributed by atoms with van der Waals surface area (Å²) in [5.74, 6) is -0.849. The van der Waals surface area contributed by atoms with Crippen LogP contribution in [0.15, 0.2) is 12.1 Å². The Balaban J connectivity index is 2.67. The quantitative estimate of drug-likeness (QED) is 0.495. The van der Waals surface area contributed by atoms with Gasteiger partial charge in [0.25, 0.3) is 11.4 Å². The van der Waals surface area contributed by atoms with Crippen LogP contribution >= 0.6 is 0 Å². The number of hydrogen-bond donors (Lipinski definition) is 1. The molecule has 0 saturated carbocycles. The van der Waals surface area contributed by atoms with Gasteiger partial charge in [0.15, 0.2) is 0 Å². The molecule has 0 bridgehead atoms. The van der Waals surface area contributed by atoms with Crippen molar-refractivity contribution in [3.63, 3.8) is 0 Å². The number of non-ortho nitro benzene ring substituents is 1. The van der Waals surface area contributed by atoms with Crippen molar-refractivity contribution in [2.24, 2.45) is 0 Å². The first-order valence-corrected chi connectivity index (χ1v) is 6.88. The van der Waals surface area contributed by atoms with Crippen molar-refractivity contribution >= 4 is 23.0 Å². The highest BCUT2D eigenvalue weighted by atomic mass is 16.6. The number of ether oxygens (including phenoxy) is 1. The maximum atomic E-state index is 12.0. The lowest BCUT2D eigenvalue weighted by molar-refractivity contribution is -0.393. The van der Waals surface area contributed by atoms with Crippen molar-refractivity contribution in [1.29, 1.82) is 0 Å². The summed E-state index contributed by atoms with van der Waals surface area (Å²) in [6, 6.07) is 1.94. The number of hydrogen-bond acceptors (Lipinski definition) is 8. The van der Waals surface area contributed by atoms with Gasteiger partial charge in [0.1, 0.15) is 5.69 Å². The first-order chi connectivity index (χ1) is 10.8. The number of benzene rings is 1. The smallest absolute Gasteiger partial charge is 0.340 e. The van der Waals surface area contributed by atoms with Crippen LogP contribution < -0.4 is 10.2 Å². The van der Waals surface area contributed by atoms with E-state index < -0.39 is 27.2 Å². The summed E-state index contributed by atoms with van der Waals surface area (Å²) in [6.07, 6.45) is 0. The normalized spacial score (nSPS) is 17.7. The zero-order valence-electron chi connectivity index (χ0n) is 12.6. The van der Waals surface area contributed by atoms with Gasteiger partial charge in [0.2, 0.25) is 0 Å². The van der Waals surface area contributed by atoms with Crippen molar-refractivity contribution < 1.29 is 19.4 Å². The van der Waals surface area contributed by atoms with Gasteiger partial charge in [-0.15, -0.1) is 0 Å². The van der Waals surface area contributed by atoms with Gasteiger partial charge in [-0.1, -0.05) is 0 Å². The number of carbonyl (C=O) groups excluding carboxylic acids is 1. The molecule has 23 heavy (non-hydrogen) atoms. The highest BCUT2D eigenvalue weighted by Gasteiger charge is 2.32. The Labute approximate surface area is 131 Å². The topological polar surface area (TPSA) is 128 Å². The molecule has 0 radical (unpaired) electrons. The van der Waals surface area contributed by atoms with E-state index >= 15 is 0 Å². The van der Waals surface area contributed by atoms with Crippen LogP contribution in [-0.2, 0) is 4.74 Å². The molecule has 1 saturated heterocycles. The zero-order chi connectivity index (χ0) is 17.1. The summed E-state index contributed by atoms with van der Waals surface area (Å²) < 4.78 is 4.64. The molecule has 2 rings (SSSR count). The standard InChI is InChI=1S/C13H16N4O6/c1-8-7-15(4-3-14-8)12-10(13(18)23-2)5-9(16(19)20)6-11(12)17(21)22/h5-6,8,14H,3-4,7H2,1-2H3/t8-/m1/s1. The minimum atomic E-state index is -0.849. The number of nitro groups is 2. The monoisotopic (exact) mass is 324 g/mol. The second kappa shape index (κ2) is 6.57. The van der Waals surface area contributed by atoms with E-state index in [1.54, 1.807) is 4.90 Å². The Morgan fingerprint density at radius 2 is 2.04 bits per heavy atom. The molecule has 0 amide bonds. The molecule has 124 valence electrons. The number of esters is 1. The number of nitrogens with one attached hydrogen (secondary N) is 1. The van der Waals surface area contributed by atoms with Crippen molar-refractivity contribution in [3.8, 4) is 0 Å². The zero-order valence-corrected chi connectivity index (χ0v) is 12.6. The third-order valence-electron chi connectivity index (χ3n) is 3.57. The molecule has 1 fully saturated rings. The van der Waals surface area contributed by atoms with Crippen LogP contribution in [0, 0.1) is 20.2 Å². The van der Waals surface area contributed by atoms with E-state index in [2.05, 4.69) is 10.1 Å². The lowest BCUT2D eigenvalue weighted by atomic mass is 10.1. The second-order valence-electron chi connectivity index (χ2n) is 5.17. The minimum absolute atomic E-state index is 0.0563. The van der Waals surface area contributed by atoms with Gasteiger partial charge >= 0.3 is 5.97 Å². The van der Waals surface area contributed by atoms with Crippen LogP contribution in [0.1, 0.15) is 17.3 Å². The van der Waals surface area contributed by atoms with Gasteiger partial charge in [-0.3, -0.25) is 20.2 Å². The van der Waals surface area contributed by atoms with Gasteiger partial charge in [0, 0.05) is 31.7 Å². The Morgan fingerprint density at radius 1 is 1.35 bits per heavy atom. The average molecular weight is 324 g/mol. The molecular weight excluding hydrogens is 308 g/mol. The van der Waals surface area contributed by atoms with E-state index in [1.807, 2.05) is 6.92 Å². The highest BCUT2D eigenvalue weighted by molar-refractivity contribution is 5.99. The SMILES string of the molecule is COC(=O)c1cc([N+](=O)[O-])cc([N+](=O)[O-])c1N1CCN[C@H](C)C1. The molecule has 1 N–H and O–H groups in total. The summed E-state index contributed by atoms with van der Waals surface area (Å²) in [6.45, 7) is 3.35. The molecule has 0 spiro atoms. The van der Waals surface area contributed by atoms with E-state index in [0.29, 0.717) is 19.6 Å². The number of anilines is 1. The van der Waals surface area contributed by atoms with Crippen LogP contribution in [0.3, 0.4) is 0 Å². The molecule has 10 heteroatoms. The van der Waals surface area contributed by atoms with E-state index in [4.69, 9.17) is 0 Å². The second-order valence-corrected chi connectivity index (χ2v) is 5.17. The largest absolute Gasteiger partial charge is 0.465 e. The summed E-state index contributed by atoms with van der Waals surface area (Å²) in [7, 11) is 1.12. The predicted octanol–water partition coefficient (Wildman–Crippen LogP) is 1.09. The number of methoxy groups -OCH3 is 1. The Morgan fingerprint density at radius 3 is 2.57 bits per heavy atom. The first-order valence-electron chi connectivity index (χ1n) is 6.88. The van der Waals surface area contributed by atoms with Gasteiger partial charge in [-0.2, -0.15) is 0 Å². The van der Waals surface area contributed by atoms with Crippen LogP contribution in [0.2, 0.25) is 0 Å². The Kier molecular flexibility index (Phi) is 4.74. The Bertz CT molecular complexity index is 662. The molecular formula is C13H16N4O6. The molecule has 0 unspecified atom stereocenters. The van der Waals surface area contributed by atoms with E-state index in [0.717, 1.165) is 19.2 Å². The summed E-state index contributed by atoms with van der Waals surface area (Å²) in [5, 5.41) is 25.5. The van der Waals surface area contributed by atoms with E-state index in [-0.39, 0.29) is 17.3 Å². The molecule has 0 aromatic heterocycles. The van der Waals surface area contributed by atoms with Crippen LogP contribution in [-0.4, -0.2) is 48.6 Å². The van der Waals surface area contributed by atoms with E-state index in [1.165, 1.54) is 0 Å². The summed E-state index contributed by atoms with van der Waals surface area (Å²) in [5.41, 5.74) is -1.12.